The van der Waals surface area contributed by atoms with Crippen molar-refractivity contribution in [2.24, 2.45) is 5.92 Å². The molecule has 1 aromatic heterocycles. The van der Waals surface area contributed by atoms with Gasteiger partial charge < -0.3 is 14.8 Å². The molecule has 0 aliphatic heterocycles. The monoisotopic (exact) mass is 239 g/mol. The van der Waals surface area contributed by atoms with Crippen LogP contribution in [0, 0.1) is 5.92 Å². The molecule has 1 amide bonds. The molecule has 1 rings (SSSR count). The molecule has 0 fully saturated rings. The molecule has 0 spiro atoms. The van der Waals surface area contributed by atoms with Crippen LogP contribution in [0.4, 0.5) is 0 Å². The molecule has 94 valence electrons. The van der Waals surface area contributed by atoms with Crippen molar-refractivity contribution in [3.63, 3.8) is 0 Å². The average Bonchev–Trinajstić information content (AvgIpc) is 2.35. The van der Waals surface area contributed by atoms with Crippen molar-refractivity contribution in [1.29, 1.82) is 0 Å². The van der Waals surface area contributed by atoms with Gasteiger partial charge in [0.05, 0.1) is 5.56 Å². The first-order chi connectivity index (χ1) is 8.17. The summed E-state index contributed by atoms with van der Waals surface area (Å²) in [4.78, 5) is 22.4. The number of carbonyl (C=O) groups excluding carboxylic acids is 1. The van der Waals surface area contributed by atoms with Gasteiger partial charge >= 0.3 is 5.63 Å². The first-order valence-electron chi connectivity index (χ1n) is 5.65. The quantitative estimate of drug-likeness (QED) is 0.768. The van der Waals surface area contributed by atoms with Crippen LogP contribution in [0.15, 0.2) is 27.6 Å². The Kier molecular flexibility index (Phi) is 5.42. The summed E-state index contributed by atoms with van der Waals surface area (Å²) in [5, 5.41) is 11.6. The summed E-state index contributed by atoms with van der Waals surface area (Å²) < 4.78 is 4.60. The van der Waals surface area contributed by atoms with E-state index in [0.717, 1.165) is 12.7 Å². The van der Waals surface area contributed by atoms with Gasteiger partial charge in [-0.1, -0.05) is 13.3 Å². The number of aliphatic hydroxyl groups is 1. The van der Waals surface area contributed by atoms with Gasteiger partial charge in [-0.3, -0.25) is 4.79 Å². The maximum absolute atomic E-state index is 11.6. The van der Waals surface area contributed by atoms with E-state index in [1.54, 1.807) is 0 Å². The first kappa shape index (κ1) is 13.4. The van der Waals surface area contributed by atoms with Gasteiger partial charge in [0, 0.05) is 19.2 Å². The third kappa shape index (κ3) is 4.40. The lowest BCUT2D eigenvalue weighted by Gasteiger charge is -2.13. The Labute approximate surface area is 99.5 Å². The van der Waals surface area contributed by atoms with Crippen molar-refractivity contribution < 1.29 is 14.3 Å². The fourth-order valence-corrected chi connectivity index (χ4v) is 1.46. The second-order valence-electron chi connectivity index (χ2n) is 3.84. The Bertz CT molecular complexity index is 393. The number of aliphatic hydroxyl groups excluding tert-OH is 1. The molecule has 0 aliphatic carbocycles. The zero-order valence-electron chi connectivity index (χ0n) is 9.81. The molecule has 5 heteroatoms. The standard InChI is InChI=1S/C12H17NO4/c1-2-9(5-6-14)7-13-12(16)10-3-4-11(15)17-8-10/h3-4,8-9,14H,2,5-7H2,1H3,(H,13,16). The molecule has 0 saturated heterocycles. The zero-order valence-corrected chi connectivity index (χ0v) is 9.81. The molecule has 0 aromatic carbocycles. The molecule has 1 heterocycles. The molecule has 0 aliphatic rings. The number of hydrogen-bond donors (Lipinski definition) is 2. The van der Waals surface area contributed by atoms with E-state index < -0.39 is 5.63 Å². The minimum atomic E-state index is -0.478. The summed E-state index contributed by atoms with van der Waals surface area (Å²) in [5.41, 5.74) is -0.156. The highest BCUT2D eigenvalue weighted by molar-refractivity contribution is 5.93. The van der Waals surface area contributed by atoms with Crippen molar-refractivity contribution in [1.82, 2.24) is 5.32 Å². The predicted molar refractivity (Wildman–Crippen MR) is 62.8 cm³/mol. The van der Waals surface area contributed by atoms with Gasteiger partial charge in [0.2, 0.25) is 0 Å². The molecule has 1 atom stereocenters. The van der Waals surface area contributed by atoms with Gasteiger partial charge in [0.25, 0.3) is 5.91 Å². The third-order valence-electron chi connectivity index (χ3n) is 2.63. The Hall–Kier alpha value is -1.62. The van der Waals surface area contributed by atoms with Crippen LogP contribution in [0.3, 0.4) is 0 Å². The molecule has 0 saturated carbocycles. The highest BCUT2D eigenvalue weighted by Crippen LogP contribution is 2.06. The second-order valence-corrected chi connectivity index (χ2v) is 3.84. The summed E-state index contributed by atoms with van der Waals surface area (Å²) in [6.07, 6.45) is 2.70. The molecular weight excluding hydrogens is 222 g/mol. The van der Waals surface area contributed by atoms with Crippen LogP contribution in [0.2, 0.25) is 0 Å². The lowest BCUT2D eigenvalue weighted by Crippen LogP contribution is -2.29. The SMILES string of the molecule is CCC(CCO)CNC(=O)c1ccc(=O)oc1. The van der Waals surface area contributed by atoms with Crippen LogP contribution in [0.1, 0.15) is 30.1 Å². The molecule has 17 heavy (non-hydrogen) atoms. The van der Waals surface area contributed by atoms with Crippen LogP contribution in [0.5, 0.6) is 0 Å². The van der Waals surface area contributed by atoms with E-state index in [-0.39, 0.29) is 18.4 Å². The van der Waals surface area contributed by atoms with E-state index in [4.69, 9.17) is 5.11 Å². The highest BCUT2D eigenvalue weighted by Gasteiger charge is 2.10. The van der Waals surface area contributed by atoms with Crippen molar-refractivity contribution >= 4 is 5.91 Å². The van der Waals surface area contributed by atoms with E-state index in [0.29, 0.717) is 18.5 Å². The fraction of sp³-hybridized carbons (Fsp3) is 0.500. The lowest BCUT2D eigenvalue weighted by molar-refractivity contribution is 0.0941. The molecule has 1 aromatic rings. The van der Waals surface area contributed by atoms with Gasteiger partial charge in [0.1, 0.15) is 6.26 Å². The largest absolute Gasteiger partial charge is 0.430 e. The molecule has 2 N–H and O–H groups in total. The first-order valence-corrected chi connectivity index (χ1v) is 5.65. The van der Waals surface area contributed by atoms with Crippen molar-refractivity contribution in [2.45, 2.75) is 19.8 Å². The highest BCUT2D eigenvalue weighted by atomic mass is 16.4. The average molecular weight is 239 g/mol. The van der Waals surface area contributed by atoms with Crippen LogP contribution in [-0.4, -0.2) is 24.2 Å². The summed E-state index contributed by atoms with van der Waals surface area (Å²) in [5.74, 6) is -0.00943. The van der Waals surface area contributed by atoms with Gasteiger partial charge in [-0.2, -0.15) is 0 Å². The minimum Gasteiger partial charge on any atom is -0.430 e. The van der Waals surface area contributed by atoms with Crippen LogP contribution in [0.25, 0.3) is 0 Å². The Morgan fingerprint density at radius 2 is 2.29 bits per heavy atom. The molecule has 5 nitrogen and oxygen atoms in total. The van der Waals surface area contributed by atoms with Crippen LogP contribution in [-0.2, 0) is 0 Å². The van der Waals surface area contributed by atoms with Gasteiger partial charge in [-0.15, -0.1) is 0 Å². The maximum atomic E-state index is 11.6. The van der Waals surface area contributed by atoms with E-state index >= 15 is 0 Å². The number of hydrogen-bond acceptors (Lipinski definition) is 4. The van der Waals surface area contributed by atoms with E-state index in [9.17, 15) is 9.59 Å². The third-order valence-corrected chi connectivity index (χ3v) is 2.63. The smallest absolute Gasteiger partial charge is 0.335 e. The summed E-state index contributed by atoms with van der Waals surface area (Å²) in [6.45, 7) is 2.64. The summed E-state index contributed by atoms with van der Waals surface area (Å²) in [7, 11) is 0. The number of nitrogens with one attached hydrogen (secondary N) is 1. The Morgan fingerprint density at radius 3 is 2.82 bits per heavy atom. The van der Waals surface area contributed by atoms with Crippen LogP contribution < -0.4 is 10.9 Å². The van der Waals surface area contributed by atoms with Crippen molar-refractivity contribution in [2.75, 3.05) is 13.2 Å². The number of rotatable bonds is 6. The molecule has 1 unspecified atom stereocenters. The van der Waals surface area contributed by atoms with Gasteiger partial charge in [0.15, 0.2) is 0 Å². The normalized spacial score (nSPS) is 12.1. The predicted octanol–water partition coefficient (Wildman–Crippen LogP) is 0.778. The Morgan fingerprint density at radius 1 is 1.53 bits per heavy atom. The van der Waals surface area contributed by atoms with E-state index in [2.05, 4.69) is 9.73 Å². The molecule has 0 radical (unpaired) electrons. The van der Waals surface area contributed by atoms with Gasteiger partial charge in [-0.25, -0.2) is 4.79 Å². The van der Waals surface area contributed by atoms with Crippen LogP contribution >= 0.6 is 0 Å². The van der Waals surface area contributed by atoms with Crippen molar-refractivity contribution in [3.05, 3.63) is 34.4 Å². The fourth-order valence-electron chi connectivity index (χ4n) is 1.46. The zero-order chi connectivity index (χ0) is 12.7. The van der Waals surface area contributed by atoms with Gasteiger partial charge in [-0.05, 0) is 18.4 Å². The maximum Gasteiger partial charge on any atom is 0.335 e. The Balaban J connectivity index is 2.49. The minimum absolute atomic E-state index is 0.120. The number of carbonyl (C=O) groups is 1. The molecule has 0 bridgehead atoms. The lowest BCUT2D eigenvalue weighted by atomic mass is 10.0. The number of amides is 1. The van der Waals surface area contributed by atoms with E-state index in [1.807, 2.05) is 6.92 Å². The summed E-state index contributed by atoms with van der Waals surface area (Å²) in [6, 6.07) is 2.63. The second kappa shape index (κ2) is 6.85. The van der Waals surface area contributed by atoms with E-state index in [1.165, 1.54) is 12.1 Å². The van der Waals surface area contributed by atoms with Crippen molar-refractivity contribution in [3.8, 4) is 0 Å². The molecular formula is C12H17NO4. The summed E-state index contributed by atoms with van der Waals surface area (Å²) >= 11 is 0. The topological polar surface area (TPSA) is 79.5 Å².